The van der Waals surface area contributed by atoms with E-state index in [0.29, 0.717) is 15.6 Å². The second-order valence-electron chi connectivity index (χ2n) is 6.77. The molecule has 0 aromatic heterocycles. The zero-order valence-corrected chi connectivity index (χ0v) is 21.8. The predicted octanol–water partition coefficient (Wildman–Crippen LogP) is 7.44. The molecule has 5 nitrogen and oxygen atoms in total. The maximum Gasteiger partial charge on any atom is 0.243 e. The Balaban J connectivity index is 1.92. The molecule has 0 radical (unpaired) electrons. The molecule has 0 saturated carbocycles. The molecular weight excluding hydrogens is 573 g/mol. The molecule has 0 saturated heterocycles. The molecule has 0 heterocycles. The number of anilines is 1. The third-order valence-corrected chi connectivity index (χ3v) is 8.23. The highest BCUT2D eigenvalue weighted by Crippen LogP contribution is 2.32. The quantitative estimate of drug-likeness (QED) is 0.293. The van der Waals surface area contributed by atoms with Crippen LogP contribution in [0.4, 0.5) is 5.69 Å². The number of hydrogen-bond acceptors (Lipinski definition) is 3. The third kappa shape index (κ3) is 6.68. The van der Waals surface area contributed by atoms with Crippen molar-refractivity contribution in [3.05, 3.63) is 90.3 Å². The molecule has 0 fully saturated rings. The summed E-state index contributed by atoms with van der Waals surface area (Å²) in [6.07, 6.45) is 0. The largest absolute Gasteiger partial charge is 0.324 e. The van der Waals surface area contributed by atoms with Gasteiger partial charge in [-0.2, -0.15) is 4.31 Å². The smallest absolute Gasteiger partial charge is 0.243 e. The van der Waals surface area contributed by atoms with Crippen molar-refractivity contribution in [3.63, 3.8) is 0 Å². The van der Waals surface area contributed by atoms with Gasteiger partial charge in [-0.05, 0) is 54.1 Å². The van der Waals surface area contributed by atoms with Gasteiger partial charge in [0.05, 0.1) is 42.2 Å². The number of benzene rings is 3. The normalized spacial score (nSPS) is 11.6. The van der Waals surface area contributed by atoms with Crippen molar-refractivity contribution < 1.29 is 13.2 Å². The zero-order chi connectivity index (χ0) is 24.3. The Morgan fingerprint density at radius 1 is 0.758 bits per heavy atom. The average Bonchev–Trinajstić information content (AvgIpc) is 2.74. The summed E-state index contributed by atoms with van der Waals surface area (Å²) >= 11 is 35.9. The second kappa shape index (κ2) is 11.0. The highest BCUT2D eigenvalue weighted by Gasteiger charge is 2.27. The highest BCUT2D eigenvalue weighted by atomic mass is 35.5. The summed E-state index contributed by atoms with van der Waals surface area (Å²) in [4.78, 5) is 12.8. The van der Waals surface area contributed by atoms with Crippen LogP contribution in [0.1, 0.15) is 5.56 Å². The van der Waals surface area contributed by atoms with E-state index in [1.54, 1.807) is 12.1 Å². The molecular formula is C21H14Cl6N2O3S. The predicted molar refractivity (Wildman–Crippen MR) is 136 cm³/mol. The number of amides is 1. The molecule has 33 heavy (non-hydrogen) atoms. The summed E-state index contributed by atoms with van der Waals surface area (Å²) in [6, 6.07) is 13.0. The maximum absolute atomic E-state index is 13.3. The van der Waals surface area contributed by atoms with Crippen LogP contribution in [-0.4, -0.2) is 25.2 Å². The molecule has 1 N–H and O–H groups in total. The van der Waals surface area contributed by atoms with Gasteiger partial charge < -0.3 is 5.32 Å². The molecule has 12 heteroatoms. The molecule has 0 aliphatic heterocycles. The van der Waals surface area contributed by atoms with E-state index in [-0.39, 0.29) is 37.2 Å². The van der Waals surface area contributed by atoms with Gasteiger partial charge in [-0.15, -0.1) is 0 Å². The zero-order valence-electron chi connectivity index (χ0n) is 16.5. The van der Waals surface area contributed by atoms with Gasteiger partial charge in [-0.25, -0.2) is 8.42 Å². The summed E-state index contributed by atoms with van der Waals surface area (Å²) in [5.41, 5.74) is 0.719. The number of nitrogens with zero attached hydrogens (tertiary/aromatic N) is 1. The molecule has 3 aromatic rings. The van der Waals surface area contributed by atoms with Gasteiger partial charge in [0, 0.05) is 11.6 Å². The molecule has 1 amide bonds. The number of carbonyl (C=O) groups excluding carboxylic acids is 1. The second-order valence-corrected chi connectivity index (χ2v) is 11.2. The Hall–Kier alpha value is -1.22. The molecule has 0 bridgehead atoms. The first-order chi connectivity index (χ1) is 15.5. The molecule has 0 atom stereocenters. The first kappa shape index (κ1) is 26.4. The van der Waals surface area contributed by atoms with Crippen LogP contribution in [0.2, 0.25) is 30.1 Å². The van der Waals surface area contributed by atoms with Crippen LogP contribution in [0.3, 0.4) is 0 Å². The molecule has 0 aliphatic rings. The van der Waals surface area contributed by atoms with E-state index >= 15 is 0 Å². The fourth-order valence-electron chi connectivity index (χ4n) is 2.79. The van der Waals surface area contributed by atoms with Crippen molar-refractivity contribution in [2.75, 3.05) is 11.9 Å². The van der Waals surface area contributed by atoms with Crippen LogP contribution < -0.4 is 5.32 Å². The van der Waals surface area contributed by atoms with E-state index in [2.05, 4.69) is 5.32 Å². The van der Waals surface area contributed by atoms with Crippen molar-refractivity contribution in [1.29, 1.82) is 0 Å². The van der Waals surface area contributed by atoms with Gasteiger partial charge in [0.1, 0.15) is 0 Å². The van der Waals surface area contributed by atoms with Gasteiger partial charge in [-0.1, -0.05) is 75.7 Å². The van der Waals surface area contributed by atoms with Crippen molar-refractivity contribution in [1.82, 2.24) is 4.31 Å². The maximum atomic E-state index is 13.3. The summed E-state index contributed by atoms with van der Waals surface area (Å²) in [6.45, 7) is -0.674. The SMILES string of the molecule is O=C(CN(Cc1ccc(Cl)c(Cl)c1)S(=O)(=O)c1ccc(Cl)cc1)Nc1cc(Cl)c(Cl)cc1Cl. The van der Waals surface area contributed by atoms with Gasteiger partial charge in [0.25, 0.3) is 0 Å². The fraction of sp³-hybridized carbons (Fsp3) is 0.0952. The summed E-state index contributed by atoms with van der Waals surface area (Å²) < 4.78 is 27.7. The van der Waals surface area contributed by atoms with E-state index in [0.717, 1.165) is 4.31 Å². The van der Waals surface area contributed by atoms with Crippen molar-refractivity contribution >= 4 is 91.2 Å². The Morgan fingerprint density at radius 2 is 1.36 bits per heavy atom. The van der Waals surface area contributed by atoms with Gasteiger partial charge >= 0.3 is 0 Å². The Bertz CT molecular complexity index is 1300. The first-order valence-corrected chi connectivity index (χ1v) is 12.8. The lowest BCUT2D eigenvalue weighted by molar-refractivity contribution is -0.116. The number of sulfonamides is 1. The third-order valence-electron chi connectivity index (χ3n) is 4.40. The molecule has 0 unspecified atom stereocenters. The fourth-order valence-corrected chi connectivity index (χ4v) is 5.22. The molecule has 0 spiro atoms. The van der Waals surface area contributed by atoms with E-state index < -0.39 is 22.5 Å². The lowest BCUT2D eigenvalue weighted by atomic mass is 10.2. The van der Waals surface area contributed by atoms with E-state index in [9.17, 15) is 13.2 Å². The van der Waals surface area contributed by atoms with Crippen molar-refractivity contribution in [2.24, 2.45) is 0 Å². The minimum Gasteiger partial charge on any atom is -0.324 e. The number of nitrogens with one attached hydrogen (secondary N) is 1. The summed E-state index contributed by atoms with van der Waals surface area (Å²) in [7, 11) is -4.09. The number of hydrogen-bond donors (Lipinski definition) is 1. The van der Waals surface area contributed by atoms with Crippen LogP contribution in [0, 0.1) is 0 Å². The highest BCUT2D eigenvalue weighted by molar-refractivity contribution is 7.89. The van der Waals surface area contributed by atoms with Crippen LogP contribution in [0.25, 0.3) is 0 Å². The minimum absolute atomic E-state index is 0.0349. The molecule has 3 aromatic carbocycles. The Kier molecular flexibility index (Phi) is 8.81. The van der Waals surface area contributed by atoms with Crippen molar-refractivity contribution in [2.45, 2.75) is 11.4 Å². The summed E-state index contributed by atoms with van der Waals surface area (Å²) in [5, 5.41) is 4.05. The number of rotatable bonds is 7. The Morgan fingerprint density at radius 3 is 2.00 bits per heavy atom. The van der Waals surface area contributed by atoms with Crippen LogP contribution >= 0.6 is 69.6 Å². The lowest BCUT2D eigenvalue weighted by Gasteiger charge is -2.22. The van der Waals surface area contributed by atoms with Crippen molar-refractivity contribution in [3.8, 4) is 0 Å². The standard InChI is InChI=1S/C21H14Cl6N2O3S/c22-13-2-4-14(5-3-13)33(31,32)29(10-12-1-6-15(23)16(24)7-12)11-21(30)28-20-9-18(26)17(25)8-19(20)27/h1-9H,10-11H2,(H,28,30). The number of halogens is 6. The van der Waals surface area contributed by atoms with E-state index in [1.165, 1.54) is 42.5 Å². The van der Waals surface area contributed by atoms with Crippen LogP contribution in [0.15, 0.2) is 59.5 Å². The Labute approximate surface area is 221 Å². The minimum atomic E-state index is -4.09. The average molecular weight is 587 g/mol. The van der Waals surface area contributed by atoms with Gasteiger partial charge in [0.15, 0.2) is 0 Å². The summed E-state index contributed by atoms with van der Waals surface area (Å²) in [5.74, 6) is -0.645. The van der Waals surface area contributed by atoms with Crippen LogP contribution in [0.5, 0.6) is 0 Å². The topological polar surface area (TPSA) is 66.5 Å². The van der Waals surface area contributed by atoms with Gasteiger partial charge in [0.2, 0.25) is 15.9 Å². The van der Waals surface area contributed by atoms with Crippen LogP contribution in [-0.2, 0) is 21.4 Å². The van der Waals surface area contributed by atoms with E-state index in [1.807, 2.05) is 0 Å². The number of carbonyl (C=O) groups is 1. The monoisotopic (exact) mass is 584 g/mol. The molecule has 3 rings (SSSR count). The molecule has 0 aliphatic carbocycles. The lowest BCUT2D eigenvalue weighted by Crippen LogP contribution is -2.37. The van der Waals surface area contributed by atoms with E-state index in [4.69, 9.17) is 69.6 Å². The molecule has 174 valence electrons. The van der Waals surface area contributed by atoms with Gasteiger partial charge in [-0.3, -0.25) is 4.79 Å². The first-order valence-electron chi connectivity index (χ1n) is 9.11.